The van der Waals surface area contributed by atoms with E-state index in [4.69, 9.17) is 4.42 Å². The van der Waals surface area contributed by atoms with Crippen LogP contribution in [0.15, 0.2) is 23.3 Å². The Hall–Kier alpha value is -1.58. The molecule has 0 aliphatic heterocycles. The third-order valence-corrected chi connectivity index (χ3v) is 1.86. The van der Waals surface area contributed by atoms with Gasteiger partial charge in [-0.1, -0.05) is 13.0 Å². The number of allylic oxidation sites excluding steroid dienone is 1. The smallest absolute Gasteiger partial charge is 0.360 e. The molecule has 1 aromatic rings. The molecule has 0 spiro atoms. The van der Waals surface area contributed by atoms with Gasteiger partial charge in [-0.05, 0) is 6.42 Å². The molecule has 0 N–H and O–H groups in total. The summed E-state index contributed by atoms with van der Waals surface area (Å²) in [5, 5.41) is 0. The molecule has 0 aromatic carbocycles. The van der Waals surface area contributed by atoms with Crippen molar-refractivity contribution in [2.75, 3.05) is 7.11 Å². The van der Waals surface area contributed by atoms with Crippen LogP contribution >= 0.6 is 0 Å². The summed E-state index contributed by atoms with van der Waals surface area (Å²) in [7, 11) is 1.31. The Morgan fingerprint density at radius 2 is 2.57 bits per heavy atom. The second kappa shape index (κ2) is 4.60. The zero-order valence-electron chi connectivity index (χ0n) is 8.32. The minimum absolute atomic E-state index is 0.130. The zero-order valence-corrected chi connectivity index (χ0v) is 8.32. The molecule has 4 nitrogen and oxygen atoms in total. The molecule has 1 aromatic heterocycles. The summed E-state index contributed by atoms with van der Waals surface area (Å²) in [5.41, 5.74) is 0.207. The van der Waals surface area contributed by atoms with Crippen LogP contribution in [-0.2, 0) is 4.74 Å². The molecule has 0 fully saturated rings. The molecule has 0 aliphatic carbocycles. The summed E-state index contributed by atoms with van der Waals surface area (Å²) < 4.78 is 9.65. The highest BCUT2D eigenvalue weighted by Gasteiger charge is 2.15. The number of carbonyl (C=O) groups excluding carboxylic acids is 1. The fourth-order valence-electron chi connectivity index (χ4n) is 1.06. The fourth-order valence-corrected chi connectivity index (χ4v) is 1.06. The summed E-state index contributed by atoms with van der Waals surface area (Å²) in [6, 6.07) is 0. The maximum atomic E-state index is 11.0. The Balaban J connectivity index is 2.76. The van der Waals surface area contributed by atoms with E-state index in [0.29, 0.717) is 5.89 Å². The van der Waals surface area contributed by atoms with Crippen molar-refractivity contribution in [2.24, 2.45) is 0 Å². The van der Waals surface area contributed by atoms with Gasteiger partial charge in [0.1, 0.15) is 6.26 Å². The van der Waals surface area contributed by atoms with Crippen LogP contribution in [0.2, 0.25) is 0 Å². The molecule has 1 heterocycles. The van der Waals surface area contributed by atoms with Gasteiger partial charge in [-0.2, -0.15) is 0 Å². The van der Waals surface area contributed by atoms with E-state index < -0.39 is 5.97 Å². The van der Waals surface area contributed by atoms with Gasteiger partial charge in [-0.25, -0.2) is 9.78 Å². The number of hydrogen-bond donors (Lipinski definition) is 0. The minimum atomic E-state index is -0.481. The third kappa shape index (κ3) is 2.22. The number of ether oxygens (including phenoxy) is 1. The van der Waals surface area contributed by atoms with Gasteiger partial charge in [0, 0.05) is 5.92 Å². The highest BCUT2D eigenvalue weighted by molar-refractivity contribution is 5.86. The molecule has 1 rings (SSSR count). The lowest BCUT2D eigenvalue weighted by molar-refractivity contribution is 0.0594. The van der Waals surface area contributed by atoms with E-state index in [2.05, 4.69) is 16.3 Å². The number of hydrogen-bond acceptors (Lipinski definition) is 4. The molecule has 0 amide bonds. The topological polar surface area (TPSA) is 52.3 Å². The summed E-state index contributed by atoms with van der Waals surface area (Å²) in [5.74, 6) is 0.182. The standard InChI is InChI=1S/C10H13NO3/c1-4-5-7(2)9-11-8(6-14-9)10(12)13-3/h4,6-7H,1,5H2,2-3H3/t7-/m1/s1. The number of esters is 1. The predicted molar refractivity (Wildman–Crippen MR) is 51.1 cm³/mol. The van der Waals surface area contributed by atoms with Gasteiger partial charge in [-0.15, -0.1) is 6.58 Å². The second-order valence-corrected chi connectivity index (χ2v) is 2.99. The van der Waals surface area contributed by atoms with Crippen molar-refractivity contribution in [2.45, 2.75) is 19.3 Å². The fraction of sp³-hybridized carbons (Fsp3) is 0.400. The number of oxazole rings is 1. The van der Waals surface area contributed by atoms with Crippen LogP contribution in [0.5, 0.6) is 0 Å². The van der Waals surface area contributed by atoms with Gasteiger partial charge >= 0.3 is 5.97 Å². The molecule has 0 bridgehead atoms. The van der Waals surface area contributed by atoms with Crippen molar-refractivity contribution < 1.29 is 13.9 Å². The average molecular weight is 195 g/mol. The summed E-state index contributed by atoms with van der Waals surface area (Å²) in [6.07, 6.45) is 3.86. The lowest BCUT2D eigenvalue weighted by Crippen LogP contribution is -2.02. The summed E-state index contributed by atoms with van der Waals surface area (Å²) in [6.45, 7) is 5.58. The van der Waals surface area contributed by atoms with Crippen molar-refractivity contribution in [3.8, 4) is 0 Å². The first-order valence-electron chi connectivity index (χ1n) is 4.33. The van der Waals surface area contributed by atoms with Crippen LogP contribution in [0.25, 0.3) is 0 Å². The molecule has 0 saturated heterocycles. The Labute approximate surface area is 82.6 Å². The van der Waals surface area contributed by atoms with E-state index in [1.54, 1.807) is 6.08 Å². The van der Waals surface area contributed by atoms with Gasteiger partial charge in [0.2, 0.25) is 0 Å². The Bertz CT molecular complexity index is 330. The Kier molecular flexibility index (Phi) is 3.45. The maximum absolute atomic E-state index is 11.0. The van der Waals surface area contributed by atoms with Gasteiger partial charge in [0.15, 0.2) is 11.6 Å². The molecule has 1 atom stereocenters. The molecule has 0 radical (unpaired) electrons. The molecule has 0 saturated carbocycles. The van der Waals surface area contributed by atoms with Crippen LogP contribution in [0, 0.1) is 0 Å². The molecule has 4 heteroatoms. The maximum Gasteiger partial charge on any atom is 0.360 e. The lowest BCUT2D eigenvalue weighted by atomic mass is 10.1. The lowest BCUT2D eigenvalue weighted by Gasteiger charge is -2.00. The molecule has 76 valence electrons. The van der Waals surface area contributed by atoms with E-state index in [1.165, 1.54) is 13.4 Å². The average Bonchev–Trinajstić information content (AvgIpc) is 2.66. The van der Waals surface area contributed by atoms with E-state index >= 15 is 0 Å². The normalized spacial score (nSPS) is 12.1. The summed E-state index contributed by atoms with van der Waals surface area (Å²) >= 11 is 0. The summed E-state index contributed by atoms with van der Waals surface area (Å²) in [4.78, 5) is 15.1. The largest absolute Gasteiger partial charge is 0.464 e. The molecule has 14 heavy (non-hydrogen) atoms. The zero-order chi connectivity index (χ0) is 10.6. The SMILES string of the molecule is C=CC[C@@H](C)c1nc(C(=O)OC)co1. The van der Waals surface area contributed by atoms with Crippen molar-refractivity contribution >= 4 is 5.97 Å². The van der Waals surface area contributed by atoms with Gasteiger partial charge < -0.3 is 9.15 Å². The first kappa shape index (κ1) is 10.5. The molecule has 0 unspecified atom stereocenters. The highest BCUT2D eigenvalue weighted by Crippen LogP contribution is 2.18. The van der Waals surface area contributed by atoms with Gasteiger partial charge in [0.05, 0.1) is 7.11 Å². The molecular weight excluding hydrogens is 182 g/mol. The van der Waals surface area contributed by atoms with E-state index in [-0.39, 0.29) is 11.6 Å². The predicted octanol–water partition coefficient (Wildman–Crippen LogP) is 2.14. The van der Waals surface area contributed by atoms with Crippen LogP contribution < -0.4 is 0 Å². The van der Waals surface area contributed by atoms with Crippen molar-refractivity contribution in [3.05, 3.63) is 30.5 Å². The molecule has 0 aliphatic rings. The molecular formula is C10H13NO3. The van der Waals surface area contributed by atoms with Crippen LogP contribution in [-0.4, -0.2) is 18.1 Å². The van der Waals surface area contributed by atoms with E-state index in [9.17, 15) is 4.79 Å². The highest BCUT2D eigenvalue weighted by atomic mass is 16.5. The van der Waals surface area contributed by atoms with Gasteiger partial charge in [0.25, 0.3) is 0 Å². The van der Waals surface area contributed by atoms with Crippen LogP contribution in [0.3, 0.4) is 0 Å². The minimum Gasteiger partial charge on any atom is -0.464 e. The van der Waals surface area contributed by atoms with Crippen molar-refractivity contribution in [1.82, 2.24) is 4.98 Å². The number of aromatic nitrogens is 1. The number of rotatable bonds is 4. The Morgan fingerprint density at radius 3 is 3.14 bits per heavy atom. The van der Waals surface area contributed by atoms with Crippen LogP contribution in [0.1, 0.15) is 35.6 Å². The first-order valence-corrected chi connectivity index (χ1v) is 4.33. The third-order valence-electron chi connectivity index (χ3n) is 1.86. The number of methoxy groups -OCH3 is 1. The second-order valence-electron chi connectivity index (χ2n) is 2.99. The van der Waals surface area contributed by atoms with Crippen LogP contribution in [0.4, 0.5) is 0 Å². The quantitative estimate of drug-likeness (QED) is 0.545. The van der Waals surface area contributed by atoms with Crippen molar-refractivity contribution in [3.63, 3.8) is 0 Å². The monoisotopic (exact) mass is 195 g/mol. The van der Waals surface area contributed by atoms with E-state index in [1.807, 2.05) is 6.92 Å². The van der Waals surface area contributed by atoms with Gasteiger partial charge in [-0.3, -0.25) is 0 Å². The van der Waals surface area contributed by atoms with E-state index in [0.717, 1.165) is 6.42 Å². The number of carbonyl (C=O) groups is 1. The first-order chi connectivity index (χ1) is 6.69. The number of nitrogens with zero attached hydrogens (tertiary/aromatic N) is 1. The Morgan fingerprint density at radius 1 is 1.86 bits per heavy atom. The van der Waals surface area contributed by atoms with Crippen molar-refractivity contribution in [1.29, 1.82) is 0 Å².